The molecule has 1 aromatic rings. The summed E-state index contributed by atoms with van der Waals surface area (Å²) in [6.45, 7) is 1.99. The smallest absolute Gasteiger partial charge is 0.307 e. The molecule has 1 N–H and O–H groups in total. The van der Waals surface area contributed by atoms with Gasteiger partial charge in [-0.2, -0.15) is 5.10 Å². The third-order valence-electron chi connectivity index (χ3n) is 3.24. The summed E-state index contributed by atoms with van der Waals surface area (Å²) in [5.41, 5.74) is 0. The van der Waals surface area contributed by atoms with Crippen LogP contribution in [0.1, 0.15) is 37.3 Å². The van der Waals surface area contributed by atoms with E-state index in [4.69, 9.17) is 0 Å². The van der Waals surface area contributed by atoms with Crippen molar-refractivity contribution in [1.29, 1.82) is 0 Å². The monoisotopic (exact) mass is 235 g/mol. The van der Waals surface area contributed by atoms with Crippen LogP contribution >= 0.6 is 0 Å². The molecule has 0 amide bonds. The maximum atomic E-state index is 11.2. The highest BCUT2D eigenvalue weighted by molar-refractivity contribution is 5.71. The Labute approximate surface area is 100 Å². The second-order valence-corrected chi connectivity index (χ2v) is 4.36. The van der Waals surface area contributed by atoms with Crippen molar-refractivity contribution in [2.24, 2.45) is 13.0 Å². The lowest BCUT2D eigenvalue weighted by Crippen LogP contribution is -2.25. The van der Waals surface area contributed by atoms with E-state index in [0.717, 1.165) is 24.5 Å². The molecule has 2 rings (SSSR count). The molecule has 1 heterocycles. The van der Waals surface area contributed by atoms with Crippen molar-refractivity contribution in [3.63, 3.8) is 0 Å². The van der Waals surface area contributed by atoms with Crippen LogP contribution in [0.4, 0.5) is 0 Å². The Morgan fingerprint density at radius 1 is 1.53 bits per heavy atom. The van der Waals surface area contributed by atoms with Gasteiger partial charge in [0.15, 0.2) is 5.82 Å². The van der Waals surface area contributed by atoms with Crippen molar-refractivity contribution in [2.45, 2.75) is 32.1 Å². The summed E-state index contributed by atoms with van der Waals surface area (Å²) < 4.78 is 1.72. The predicted molar refractivity (Wildman–Crippen MR) is 62.6 cm³/mol. The van der Waals surface area contributed by atoms with Crippen LogP contribution in [0.2, 0.25) is 0 Å². The van der Waals surface area contributed by atoms with Gasteiger partial charge in [-0.25, -0.2) is 4.98 Å². The number of hydrogen-bond donors (Lipinski definition) is 1. The third kappa shape index (κ3) is 2.23. The molecule has 17 heavy (non-hydrogen) atoms. The number of rotatable bonds is 3. The first kappa shape index (κ1) is 11.8. The Bertz CT molecular complexity index is 451. The zero-order valence-electron chi connectivity index (χ0n) is 10.1. The molecule has 1 aliphatic rings. The third-order valence-corrected chi connectivity index (χ3v) is 3.24. The van der Waals surface area contributed by atoms with Crippen LogP contribution in [0.15, 0.2) is 12.2 Å². The molecule has 0 spiro atoms. The minimum atomic E-state index is -0.750. The minimum absolute atomic E-state index is 0.0599. The second kappa shape index (κ2) is 4.69. The molecule has 0 fully saturated rings. The van der Waals surface area contributed by atoms with E-state index >= 15 is 0 Å². The summed E-state index contributed by atoms with van der Waals surface area (Å²) in [4.78, 5) is 15.7. The summed E-state index contributed by atoms with van der Waals surface area (Å²) in [7, 11) is 1.83. The van der Waals surface area contributed by atoms with E-state index in [-0.39, 0.29) is 11.8 Å². The fourth-order valence-corrected chi connectivity index (χ4v) is 2.30. The lowest BCUT2D eigenvalue weighted by atomic mass is 9.82. The molecular weight excluding hydrogens is 218 g/mol. The van der Waals surface area contributed by atoms with Crippen LogP contribution < -0.4 is 0 Å². The van der Waals surface area contributed by atoms with Gasteiger partial charge in [-0.05, 0) is 12.8 Å². The fourth-order valence-electron chi connectivity index (χ4n) is 2.30. The molecule has 0 saturated heterocycles. The number of carboxylic acids is 1. The second-order valence-electron chi connectivity index (χ2n) is 4.36. The Kier molecular flexibility index (Phi) is 3.26. The fraction of sp³-hybridized carbons (Fsp3) is 0.583. The number of allylic oxidation sites excluding steroid dienone is 2. The van der Waals surface area contributed by atoms with Crippen molar-refractivity contribution >= 4 is 5.97 Å². The first-order chi connectivity index (χ1) is 8.13. The maximum Gasteiger partial charge on any atom is 0.307 e. The lowest BCUT2D eigenvalue weighted by Gasteiger charge is -2.23. The molecule has 5 nitrogen and oxygen atoms in total. The molecule has 0 radical (unpaired) electrons. The van der Waals surface area contributed by atoms with E-state index in [2.05, 4.69) is 10.1 Å². The molecule has 0 bridgehead atoms. The first-order valence-electron chi connectivity index (χ1n) is 5.91. The molecule has 92 valence electrons. The van der Waals surface area contributed by atoms with Gasteiger partial charge in [0.2, 0.25) is 0 Å². The number of nitrogens with zero attached hydrogens (tertiary/aromatic N) is 3. The van der Waals surface area contributed by atoms with Gasteiger partial charge in [0, 0.05) is 19.4 Å². The van der Waals surface area contributed by atoms with Crippen LogP contribution in [0, 0.1) is 5.92 Å². The first-order valence-corrected chi connectivity index (χ1v) is 5.91. The van der Waals surface area contributed by atoms with Crippen molar-refractivity contribution in [3.8, 4) is 0 Å². The number of carbonyl (C=O) groups is 1. The average molecular weight is 235 g/mol. The number of aromatic nitrogens is 3. The normalized spacial score (nSPS) is 23.9. The Morgan fingerprint density at radius 2 is 2.24 bits per heavy atom. The zero-order valence-corrected chi connectivity index (χ0v) is 10.1. The Hall–Kier alpha value is -1.65. The van der Waals surface area contributed by atoms with Gasteiger partial charge >= 0.3 is 5.97 Å². The molecular formula is C12H17N3O2. The molecule has 2 unspecified atom stereocenters. The molecule has 0 saturated carbocycles. The van der Waals surface area contributed by atoms with Crippen LogP contribution in [0.3, 0.4) is 0 Å². The summed E-state index contributed by atoms with van der Waals surface area (Å²) >= 11 is 0. The summed E-state index contributed by atoms with van der Waals surface area (Å²) in [6.07, 6.45) is 6.05. The van der Waals surface area contributed by atoms with Crippen LogP contribution in [0.25, 0.3) is 0 Å². The zero-order chi connectivity index (χ0) is 12.4. The van der Waals surface area contributed by atoms with Gasteiger partial charge in [0.1, 0.15) is 5.82 Å². The lowest BCUT2D eigenvalue weighted by molar-refractivity contribution is -0.142. The standard InChI is InChI=1S/C12H17N3O2/c1-3-10-13-11(15(2)14-10)8-6-4-5-7-9(8)12(16)17/h4-5,8-9H,3,6-7H2,1-2H3,(H,16,17). The van der Waals surface area contributed by atoms with Crippen molar-refractivity contribution < 1.29 is 9.90 Å². The number of hydrogen-bond acceptors (Lipinski definition) is 3. The van der Waals surface area contributed by atoms with Crippen molar-refractivity contribution in [3.05, 3.63) is 23.8 Å². The Morgan fingerprint density at radius 3 is 2.82 bits per heavy atom. The summed E-state index contributed by atoms with van der Waals surface area (Å²) in [5, 5.41) is 13.5. The van der Waals surface area contributed by atoms with Crippen molar-refractivity contribution in [2.75, 3.05) is 0 Å². The van der Waals surface area contributed by atoms with Gasteiger partial charge in [0.05, 0.1) is 5.92 Å². The number of aliphatic carboxylic acids is 1. The highest BCUT2D eigenvalue weighted by Crippen LogP contribution is 2.33. The topological polar surface area (TPSA) is 68.0 Å². The van der Waals surface area contributed by atoms with Gasteiger partial charge < -0.3 is 5.11 Å². The van der Waals surface area contributed by atoms with E-state index in [1.165, 1.54) is 0 Å². The highest BCUT2D eigenvalue weighted by Gasteiger charge is 2.33. The van der Waals surface area contributed by atoms with Gasteiger partial charge in [-0.15, -0.1) is 0 Å². The van der Waals surface area contributed by atoms with Crippen LogP contribution in [0.5, 0.6) is 0 Å². The molecule has 1 aliphatic carbocycles. The number of carboxylic acid groups (broad SMARTS) is 1. The quantitative estimate of drug-likeness (QED) is 0.806. The minimum Gasteiger partial charge on any atom is -0.481 e. The van der Waals surface area contributed by atoms with Gasteiger partial charge in [-0.3, -0.25) is 9.48 Å². The predicted octanol–water partition coefficient (Wildman–Crippen LogP) is 1.51. The molecule has 0 aromatic carbocycles. The molecule has 5 heteroatoms. The number of aryl methyl sites for hydroxylation is 2. The molecule has 1 aromatic heterocycles. The van der Waals surface area contributed by atoms with E-state index in [1.807, 2.05) is 26.1 Å². The largest absolute Gasteiger partial charge is 0.481 e. The van der Waals surface area contributed by atoms with Gasteiger partial charge in [-0.1, -0.05) is 19.1 Å². The van der Waals surface area contributed by atoms with E-state index in [9.17, 15) is 9.90 Å². The van der Waals surface area contributed by atoms with E-state index in [1.54, 1.807) is 4.68 Å². The average Bonchev–Trinajstić information content (AvgIpc) is 2.70. The van der Waals surface area contributed by atoms with Crippen molar-refractivity contribution in [1.82, 2.24) is 14.8 Å². The molecule has 0 aliphatic heterocycles. The summed E-state index contributed by atoms with van der Waals surface area (Å²) in [5.74, 6) is 0.378. The highest BCUT2D eigenvalue weighted by atomic mass is 16.4. The summed E-state index contributed by atoms with van der Waals surface area (Å²) in [6, 6.07) is 0. The maximum absolute atomic E-state index is 11.2. The van der Waals surface area contributed by atoms with E-state index < -0.39 is 5.97 Å². The Balaban J connectivity index is 2.33. The SMILES string of the molecule is CCc1nc(C2CC=CCC2C(=O)O)n(C)n1. The van der Waals surface area contributed by atoms with Gasteiger partial charge in [0.25, 0.3) is 0 Å². The van der Waals surface area contributed by atoms with Crippen LogP contribution in [-0.4, -0.2) is 25.8 Å². The van der Waals surface area contributed by atoms with Crippen LogP contribution in [-0.2, 0) is 18.3 Å². The molecule has 2 atom stereocenters. The van der Waals surface area contributed by atoms with E-state index in [0.29, 0.717) is 6.42 Å².